The molecule has 0 saturated heterocycles. The predicted molar refractivity (Wildman–Crippen MR) is 79.8 cm³/mol. The fourth-order valence-electron chi connectivity index (χ4n) is 2.07. The monoisotopic (exact) mass is 293 g/mol. The number of aromatic amines is 1. The third kappa shape index (κ3) is 4.21. The number of H-pyrrole nitrogens is 1. The molecule has 1 aliphatic rings. The van der Waals surface area contributed by atoms with Gasteiger partial charge in [0.15, 0.2) is 5.69 Å². The van der Waals surface area contributed by atoms with Gasteiger partial charge in [-0.3, -0.25) is 14.7 Å². The number of hydrogen-bond acceptors (Lipinski definition) is 4. The lowest BCUT2D eigenvalue weighted by atomic mass is 10.1. The van der Waals surface area contributed by atoms with E-state index in [-0.39, 0.29) is 36.0 Å². The first-order chi connectivity index (χ1) is 9.78. The zero-order valence-electron chi connectivity index (χ0n) is 12.7. The summed E-state index contributed by atoms with van der Waals surface area (Å²) >= 11 is 0. The van der Waals surface area contributed by atoms with Crippen LogP contribution in [0.5, 0.6) is 0 Å². The van der Waals surface area contributed by atoms with Crippen LogP contribution in [-0.4, -0.2) is 34.1 Å². The smallest absolute Gasteiger partial charge is 0.273 e. The molecule has 1 aliphatic carbocycles. The summed E-state index contributed by atoms with van der Waals surface area (Å²) in [6.07, 6.45) is 2.39. The van der Waals surface area contributed by atoms with Crippen molar-refractivity contribution in [2.24, 2.45) is 0 Å². The Balaban J connectivity index is 1.81. The van der Waals surface area contributed by atoms with Gasteiger partial charge >= 0.3 is 0 Å². The summed E-state index contributed by atoms with van der Waals surface area (Å²) < 4.78 is 0. The van der Waals surface area contributed by atoms with E-state index in [4.69, 9.17) is 5.73 Å². The molecular formula is C14H23N5O2. The Morgan fingerprint density at radius 1 is 1.38 bits per heavy atom. The predicted octanol–water partition coefficient (Wildman–Crippen LogP) is 0.904. The first-order valence-corrected chi connectivity index (χ1v) is 7.21. The minimum atomic E-state index is -0.348. The molecule has 5 N–H and O–H groups in total. The Bertz CT molecular complexity index is 540. The van der Waals surface area contributed by atoms with Crippen molar-refractivity contribution < 1.29 is 9.59 Å². The average molecular weight is 293 g/mol. The number of nitrogen functional groups attached to an aromatic ring is 1. The van der Waals surface area contributed by atoms with Crippen LogP contribution in [0.1, 0.15) is 62.1 Å². The highest BCUT2D eigenvalue weighted by Gasteiger charge is 2.30. The molecule has 2 amide bonds. The molecule has 0 unspecified atom stereocenters. The molecule has 0 atom stereocenters. The fraction of sp³-hybridized carbons (Fsp3) is 0.643. The lowest BCUT2D eigenvalue weighted by molar-refractivity contribution is -0.122. The number of amides is 2. The van der Waals surface area contributed by atoms with Gasteiger partial charge in [-0.1, -0.05) is 0 Å². The van der Waals surface area contributed by atoms with Crippen molar-refractivity contribution in [1.29, 1.82) is 0 Å². The zero-order chi connectivity index (χ0) is 15.6. The van der Waals surface area contributed by atoms with Crippen molar-refractivity contribution >= 4 is 17.5 Å². The van der Waals surface area contributed by atoms with E-state index in [2.05, 4.69) is 20.8 Å². The van der Waals surface area contributed by atoms with Crippen LogP contribution in [0, 0.1) is 0 Å². The molecule has 1 heterocycles. The summed E-state index contributed by atoms with van der Waals surface area (Å²) in [5.74, 6) is -0.0349. The Morgan fingerprint density at radius 2 is 2.05 bits per heavy atom. The van der Waals surface area contributed by atoms with E-state index in [9.17, 15) is 9.59 Å². The molecule has 21 heavy (non-hydrogen) atoms. The maximum atomic E-state index is 12.0. The van der Waals surface area contributed by atoms with Crippen molar-refractivity contribution in [1.82, 2.24) is 20.8 Å². The number of nitrogens with two attached hydrogens (primary N) is 1. The highest BCUT2D eigenvalue weighted by molar-refractivity contribution is 5.97. The van der Waals surface area contributed by atoms with E-state index in [1.54, 1.807) is 0 Å². The van der Waals surface area contributed by atoms with Crippen LogP contribution in [0.2, 0.25) is 0 Å². The van der Waals surface area contributed by atoms with Crippen LogP contribution < -0.4 is 16.4 Å². The Kier molecular flexibility index (Phi) is 4.20. The number of rotatable bonds is 5. The quantitative estimate of drug-likeness (QED) is 0.646. The molecule has 0 aliphatic heterocycles. The van der Waals surface area contributed by atoms with E-state index in [0.29, 0.717) is 11.6 Å². The molecule has 7 heteroatoms. The van der Waals surface area contributed by atoms with E-state index in [1.807, 2.05) is 20.8 Å². The number of anilines is 1. The summed E-state index contributed by atoms with van der Waals surface area (Å²) in [7, 11) is 0. The molecule has 2 rings (SSSR count). The van der Waals surface area contributed by atoms with Crippen LogP contribution in [0.15, 0.2) is 0 Å². The molecular weight excluding hydrogens is 270 g/mol. The SMILES string of the molecule is CC(C)(C)NC(=O)CCNC(=O)c1n[nH]c(C2CC2)c1N. The third-order valence-corrected chi connectivity index (χ3v) is 3.19. The van der Waals surface area contributed by atoms with Gasteiger partial charge in [0.1, 0.15) is 0 Å². The molecule has 0 bridgehead atoms. The second kappa shape index (κ2) is 5.75. The van der Waals surface area contributed by atoms with Crippen molar-refractivity contribution in [3.05, 3.63) is 11.4 Å². The van der Waals surface area contributed by atoms with Gasteiger partial charge in [0, 0.05) is 24.4 Å². The maximum absolute atomic E-state index is 12.0. The number of aromatic nitrogens is 2. The number of hydrogen-bond donors (Lipinski definition) is 4. The summed E-state index contributed by atoms with van der Waals surface area (Å²) in [6, 6.07) is 0. The van der Waals surface area contributed by atoms with Crippen LogP contribution in [0.3, 0.4) is 0 Å². The Morgan fingerprint density at radius 3 is 2.62 bits per heavy atom. The molecule has 7 nitrogen and oxygen atoms in total. The maximum Gasteiger partial charge on any atom is 0.273 e. The molecule has 0 radical (unpaired) electrons. The summed E-state index contributed by atoms with van der Waals surface area (Å²) in [6.45, 7) is 5.99. The molecule has 0 spiro atoms. The minimum Gasteiger partial charge on any atom is -0.395 e. The summed E-state index contributed by atoms with van der Waals surface area (Å²) in [5, 5.41) is 12.3. The fourth-order valence-corrected chi connectivity index (χ4v) is 2.07. The molecule has 0 aromatic carbocycles. The highest BCUT2D eigenvalue weighted by Crippen LogP contribution is 2.42. The third-order valence-electron chi connectivity index (χ3n) is 3.19. The van der Waals surface area contributed by atoms with E-state index in [0.717, 1.165) is 18.5 Å². The van der Waals surface area contributed by atoms with Crippen LogP contribution in [0.4, 0.5) is 5.69 Å². The summed E-state index contributed by atoms with van der Waals surface area (Å²) in [4.78, 5) is 23.6. The second-order valence-corrected chi connectivity index (χ2v) is 6.48. The normalized spacial score (nSPS) is 14.8. The van der Waals surface area contributed by atoms with E-state index < -0.39 is 0 Å². The molecule has 116 valence electrons. The van der Waals surface area contributed by atoms with Crippen LogP contribution in [-0.2, 0) is 4.79 Å². The van der Waals surface area contributed by atoms with Crippen LogP contribution >= 0.6 is 0 Å². The lowest BCUT2D eigenvalue weighted by Crippen LogP contribution is -2.42. The van der Waals surface area contributed by atoms with Gasteiger partial charge in [0.25, 0.3) is 5.91 Å². The van der Waals surface area contributed by atoms with E-state index >= 15 is 0 Å². The second-order valence-electron chi connectivity index (χ2n) is 6.48. The first-order valence-electron chi connectivity index (χ1n) is 7.21. The van der Waals surface area contributed by atoms with Gasteiger partial charge < -0.3 is 16.4 Å². The van der Waals surface area contributed by atoms with Gasteiger partial charge in [0.05, 0.1) is 11.4 Å². The number of carbonyl (C=O) groups excluding carboxylic acids is 2. The van der Waals surface area contributed by atoms with Crippen molar-refractivity contribution in [2.75, 3.05) is 12.3 Å². The molecule has 1 fully saturated rings. The van der Waals surface area contributed by atoms with Crippen molar-refractivity contribution in [2.45, 2.75) is 51.5 Å². The van der Waals surface area contributed by atoms with Gasteiger partial charge in [-0.2, -0.15) is 5.10 Å². The zero-order valence-corrected chi connectivity index (χ0v) is 12.7. The Labute approximate surface area is 124 Å². The first kappa shape index (κ1) is 15.3. The van der Waals surface area contributed by atoms with Gasteiger partial charge in [-0.15, -0.1) is 0 Å². The number of nitrogens with one attached hydrogen (secondary N) is 3. The van der Waals surface area contributed by atoms with Crippen molar-refractivity contribution in [3.8, 4) is 0 Å². The largest absolute Gasteiger partial charge is 0.395 e. The minimum absolute atomic E-state index is 0.100. The molecule has 1 aromatic rings. The highest BCUT2D eigenvalue weighted by atomic mass is 16.2. The standard InChI is InChI=1S/C14H23N5O2/c1-14(2,3)17-9(20)6-7-16-13(21)12-10(15)11(18-19-12)8-4-5-8/h8H,4-7,15H2,1-3H3,(H,16,21)(H,17,20)(H,18,19). The van der Waals surface area contributed by atoms with Gasteiger partial charge in [0.2, 0.25) is 5.91 Å². The summed E-state index contributed by atoms with van der Waals surface area (Å²) in [5.41, 5.74) is 7.15. The van der Waals surface area contributed by atoms with E-state index in [1.165, 1.54) is 0 Å². The van der Waals surface area contributed by atoms with Crippen LogP contribution in [0.25, 0.3) is 0 Å². The Hall–Kier alpha value is -2.05. The van der Waals surface area contributed by atoms with Gasteiger partial charge in [-0.05, 0) is 33.6 Å². The average Bonchev–Trinajstić information content (AvgIpc) is 3.10. The lowest BCUT2D eigenvalue weighted by Gasteiger charge is -2.20. The topological polar surface area (TPSA) is 113 Å². The molecule has 1 saturated carbocycles. The van der Waals surface area contributed by atoms with Crippen molar-refractivity contribution in [3.63, 3.8) is 0 Å². The number of nitrogens with zero attached hydrogens (tertiary/aromatic N) is 1. The number of carbonyl (C=O) groups is 2. The molecule has 1 aromatic heterocycles. The van der Waals surface area contributed by atoms with Gasteiger partial charge in [-0.25, -0.2) is 0 Å².